The zero-order valence-electron chi connectivity index (χ0n) is 15.4. The Bertz CT molecular complexity index is 1140. The third-order valence-corrected chi connectivity index (χ3v) is 9.44. The van der Waals surface area contributed by atoms with Gasteiger partial charge in [0.1, 0.15) is 5.82 Å². The molecule has 0 spiro atoms. The van der Waals surface area contributed by atoms with Crippen molar-refractivity contribution in [2.24, 2.45) is 11.8 Å². The topological polar surface area (TPSA) is 50.3 Å². The summed E-state index contributed by atoms with van der Waals surface area (Å²) in [6.07, 6.45) is 1.45. The van der Waals surface area contributed by atoms with Crippen LogP contribution in [0.3, 0.4) is 0 Å². The van der Waals surface area contributed by atoms with Crippen molar-refractivity contribution in [2.75, 3.05) is 4.90 Å². The lowest BCUT2D eigenvalue weighted by Gasteiger charge is -2.55. The van der Waals surface area contributed by atoms with E-state index in [1.54, 1.807) is 12.1 Å². The fourth-order valence-corrected chi connectivity index (χ4v) is 7.81. The number of nitrogens with zero attached hydrogens (tertiary/aromatic N) is 2. The number of amides is 2. The van der Waals surface area contributed by atoms with E-state index in [1.807, 2.05) is 48.5 Å². The van der Waals surface area contributed by atoms with Crippen LogP contribution in [0.1, 0.15) is 22.3 Å². The molecule has 1 fully saturated rings. The van der Waals surface area contributed by atoms with Gasteiger partial charge in [0.2, 0.25) is 11.8 Å². The van der Waals surface area contributed by atoms with Gasteiger partial charge in [0.15, 0.2) is 0 Å². The molecule has 148 valence electrons. The first-order valence-corrected chi connectivity index (χ1v) is 11.4. The van der Waals surface area contributed by atoms with Crippen molar-refractivity contribution in [3.63, 3.8) is 0 Å². The summed E-state index contributed by atoms with van der Waals surface area (Å²) in [7, 11) is 0. The fourth-order valence-electron chi connectivity index (χ4n) is 5.39. The minimum atomic E-state index is -0.797. The van der Waals surface area contributed by atoms with Crippen LogP contribution in [0, 0.1) is 11.8 Å². The van der Waals surface area contributed by atoms with Crippen LogP contribution in [0.5, 0.6) is 0 Å². The Morgan fingerprint density at radius 3 is 1.57 bits per heavy atom. The Balaban J connectivity index is 1.66. The van der Waals surface area contributed by atoms with Gasteiger partial charge in [0.05, 0.1) is 25.5 Å². The van der Waals surface area contributed by atoms with Crippen molar-refractivity contribution in [3.8, 4) is 0 Å². The number of anilines is 1. The average Bonchev–Trinajstić information content (AvgIpc) is 3.04. The predicted molar refractivity (Wildman–Crippen MR) is 121 cm³/mol. The van der Waals surface area contributed by atoms with E-state index in [9.17, 15) is 9.59 Å². The molecule has 3 aromatic rings. The highest BCUT2D eigenvalue weighted by Crippen LogP contribution is 2.70. The summed E-state index contributed by atoms with van der Waals surface area (Å²) in [6.45, 7) is 0. The minimum absolute atomic E-state index is 0.260. The van der Waals surface area contributed by atoms with Crippen molar-refractivity contribution in [3.05, 3.63) is 94.1 Å². The summed E-state index contributed by atoms with van der Waals surface area (Å²) >= 11 is 13.9. The molecule has 3 aliphatic carbocycles. The van der Waals surface area contributed by atoms with Crippen LogP contribution in [0.15, 0.2) is 66.9 Å². The van der Waals surface area contributed by atoms with Crippen molar-refractivity contribution >= 4 is 61.1 Å². The molecule has 0 radical (unpaired) electrons. The van der Waals surface area contributed by atoms with E-state index in [0.29, 0.717) is 10.8 Å². The summed E-state index contributed by atoms with van der Waals surface area (Å²) in [6, 6.07) is 19.3. The number of alkyl halides is 2. The number of aromatic nitrogens is 1. The monoisotopic (exact) mass is 542 g/mol. The van der Waals surface area contributed by atoms with Gasteiger partial charge in [-0.05, 0) is 34.4 Å². The smallest absolute Gasteiger partial charge is 0.241 e. The molecule has 1 aliphatic heterocycles. The van der Waals surface area contributed by atoms with Gasteiger partial charge in [0, 0.05) is 6.20 Å². The Kier molecular flexibility index (Phi) is 3.76. The largest absolute Gasteiger partial charge is 0.274 e. The molecule has 2 atom stereocenters. The Hall–Kier alpha value is -2.02. The van der Waals surface area contributed by atoms with E-state index in [-0.39, 0.29) is 11.8 Å². The number of hydrogen-bond donors (Lipinski definition) is 0. The lowest BCUT2D eigenvalue weighted by atomic mass is 9.54. The van der Waals surface area contributed by atoms with Gasteiger partial charge in [-0.3, -0.25) is 9.59 Å². The van der Waals surface area contributed by atoms with E-state index in [1.165, 1.54) is 11.1 Å². The second-order valence-electron chi connectivity index (χ2n) is 7.82. The predicted octanol–water partition coefficient (Wildman–Crippen LogP) is 5.14. The van der Waals surface area contributed by atoms with E-state index in [0.717, 1.165) is 22.3 Å². The Labute approximate surface area is 194 Å². The highest BCUT2D eigenvalue weighted by Gasteiger charge is 2.72. The summed E-state index contributed by atoms with van der Waals surface area (Å²) in [5, 5.41) is 0.448. The Morgan fingerprint density at radius 1 is 0.767 bits per heavy atom. The van der Waals surface area contributed by atoms with Crippen molar-refractivity contribution in [1.82, 2.24) is 4.98 Å². The maximum atomic E-state index is 13.8. The molecule has 1 aromatic heterocycles. The number of imide groups is 1. The van der Waals surface area contributed by atoms with Gasteiger partial charge in [-0.2, -0.15) is 0 Å². The molecule has 4 nitrogen and oxygen atoms in total. The van der Waals surface area contributed by atoms with Gasteiger partial charge in [-0.1, -0.05) is 92.0 Å². The SMILES string of the molecule is O=C1C2C(C(=O)N1c1ccc(Cl)cn1)C1(Br)c3ccccc3C2(Br)c2ccccc21. The molecule has 0 saturated carbocycles. The molecule has 1 saturated heterocycles. The molecule has 2 heterocycles. The molecule has 4 aliphatic rings. The van der Waals surface area contributed by atoms with Crippen LogP contribution in [0.4, 0.5) is 5.82 Å². The number of hydrogen-bond acceptors (Lipinski definition) is 3. The standard InChI is InChI=1S/C23H13Br2ClN2O2/c24-22-13-5-1-2-6-14(13)23(25,16-8-4-3-7-15(16)22)19-18(22)20(29)28(21(19)30)17-10-9-12(26)11-27-17/h1-11,18-19H. The fraction of sp³-hybridized carbons (Fsp3) is 0.174. The molecule has 7 rings (SSSR count). The normalized spacial score (nSPS) is 30.8. The quantitative estimate of drug-likeness (QED) is 0.315. The molecule has 2 unspecified atom stereocenters. The van der Waals surface area contributed by atoms with Gasteiger partial charge in [-0.15, -0.1) is 0 Å². The highest BCUT2D eigenvalue weighted by atomic mass is 79.9. The lowest BCUT2D eigenvalue weighted by molar-refractivity contribution is -0.122. The van der Waals surface area contributed by atoms with E-state index in [2.05, 4.69) is 36.8 Å². The first-order chi connectivity index (χ1) is 14.4. The van der Waals surface area contributed by atoms with Gasteiger partial charge in [-0.25, -0.2) is 9.88 Å². The third kappa shape index (κ3) is 2.00. The number of pyridine rings is 1. The maximum absolute atomic E-state index is 13.8. The molecule has 30 heavy (non-hydrogen) atoms. The molecule has 2 bridgehead atoms. The third-order valence-electron chi connectivity index (χ3n) is 6.53. The molecular formula is C23H13Br2ClN2O2. The van der Waals surface area contributed by atoms with E-state index in [4.69, 9.17) is 11.6 Å². The van der Waals surface area contributed by atoms with Crippen LogP contribution in [-0.4, -0.2) is 16.8 Å². The van der Waals surface area contributed by atoms with E-state index < -0.39 is 20.5 Å². The number of rotatable bonds is 1. The Morgan fingerprint density at radius 2 is 1.20 bits per heavy atom. The van der Waals surface area contributed by atoms with Crippen molar-refractivity contribution in [2.45, 2.75) is 8.65 Å². The molecule has 2 amide bonds. The van der Waals surface area contributed by atoms with Crippen molar-refractivity contribution < 1.29 is 9.59 Å². The number of halogens is 3. The second kappa shape index (κ2) is 6.02. The second-order valence-corrected chi connectivity index (χ2v) is 10.8. The first kappa shape index (κ1) is 18.7. The summed E-state index contributed by atoms with van der Waals surface area (Å²) < 4.78 is -1.59. The summed E-state index contributed by atoms with van der Waals surface area (Å²) in [4.78, 5) is 33.0. The summed E-state index contributed by atoms with van der Waals surface area (Å²) in [5.41, 5.74) is 4.03. The zero-order valence-corrected chi connectivity index (χ0v) is 19.3. The highest BCUT2D eigenvalue weighted by molar-refractivity contribution is 9.10. The van der Waals surface area contributed by atoms with E-state index >= 15 is 0 Å². The molecule has 2 aromatic carbocycles. The minimum Gasteiger partial charge on any atom is -0.274 e. The molecule has 0 N–H and O–H groups in total. The maximum Gasteiger partial charge on any atom is 0.241 e. The number of carbonyl (C=O) groups excluding carboxylic acids is 2. The summed E-state index contributed by atoms with van der Waals surface area (Å²) in [5.74, 6) is -1.43. The number of benzene rings is 2. The van der Waals surface area contributed by atoms with Crippen molar-refractivity contribution in [1.29, 1.82) is 0 Å². The zero-order chi connectivity index (χ0) is 20.8. The van der Waals surface area contributed by atoms with Crippen LogP contribution >= 0.6 is 43.5 Å². The van der Waals surface area contributed by atoms with Gasteiger partial charge < -0.3 is 0 Å². The van der Waals surface area contributed by atoms with Gasteiger partial charge >= 0.3 is 0 Å². The van der Waals surface area contributed by atoms with Crippen LogP contribution in [-0.2, 0) is 18.2 Å². The first-order valence-electron chi connectivity index (χ1n) is 9.47. The van der Waals surface area contributed by atoms with Gasteiger partial charge in [0.25, 0.3) is 0 Å². The van der Waals surface area contributed by atoms with Crippen LogP contribution < -0.4 is 4.90 Å². The molecular weight excluding hydrogens is 532 g/mol. The average molecular weight is 545 g/mol. The van der Waals surface area contributed by atoms with Crippen LogP contribution in [0.25, 0.3) is 0 Å². The number of carbonyl (C=O) groups is 2. The molecule has 7 heteroatoms. The van der Waals surface area contributed by atoms with Crippen LogP contribution in [0.2, 0.25) is 5.02 Å². The lowest BCUT2D eigenvalue weighted by Crippen LogP contribution is -2.56.